The minimum atomic E-state index is -4.47. The molecule has 2 amide bonds. The van der Waals surface area contributed by atoms with Crippen molar-refractivity contribution in [2.24, 2.45) is 0 Å². The Morgan fingerprint density at radius 3 is 2.41 bits per heavy atom. The molecule has 4 N–H and O–H groups in total. The van der Waals surface area contributed by atoms with Crippen LogP contribution in [-0.2, 0) is 12.7 Å². The van der Waals surface area contributed by atoms with E-state index in [-0.39, 0.29) is 18.1 Å². The summed E-state index contributed by atoms with van der Waals surface area (Å²) in [5.74, 6) is 0.140. The second-order valence-corrected chi connectivity index (χ2v) is 7.75. The monoisotopic (exact) mass is 485 g/mol. The largest absolute Gasteiger partial charge is 0.416 e. The van der Waals surface area contributed by atoms with Crippen molar-refractivity contribution in [2.75, 3.05) is 11.1 Å². The zero-order chi connectivity index (χ0) is 24.3. The molecule has 34 heavy (non-hydrogen) atoms. The molecule has 0 radical (unpaired) electrons. The van der Waals surface area contributed by atoms with Crippen LogP contribution in [0.1, 0.15) is 11.1 Å². The third kappa shape index (κ3) is 4.99. The number of nitrogens with one attached hydrogen (secondary N) is 2. The smallest absolute Gasteiger partial charge is 0.382 e. The molecular formula is C24H19ClF3N5O. The van der Waals surface area contributed by atoms with Gasteiger partial charge in [0.2, 0.25) is 0 Å². The van der Waals surface area contributed by atoms with Crippen molar-refractivity contribution in [3.05, 3.63) is 95.0 Å². The fourth-order valence-corrected chi connectivity index (χ4v) is 3.57. The second kappa shape index (κ2) is 9.48. The Morgan fingerprint density at radius 1 is 1.00 bits per heavy atom. The zero-order valence-corrected chi connectivity index (χ0v) is 18.4. The van der Waals surface area contributed by atoms with Crippen LogP contribution in [-0.4, -0.2) is 15.8 Å². The number of nitrogens with zero attached hydrogens (tertiary/aromatic N) is 2. The van der Waals surface area contributed by atoms with Crippen LogP contribution in [0.4, 0.5) is 29.5 Å². The standard InChI is InChI=1S/C24H19ClF3N5O/c25-18-11-4-5-12-19(18)33-22(29)21(20(32-33)16-8-2-1-3-9-16)31-23(34)30-14-15-7-6-10-17(13-15)24(26,27)28/h1-13H,14,29H2,(H2,30,31,34). The van der Waals surface area contributed by atoms with Gasteiger partial charge in [0.25, 0.3) is 0 Å². The van der Waals surface area contributed by atoms with Crippen molar-refractivity contribution in [1.82, 2.24) is 15.1 Å². The van der Waals surface area contributed by atoms with Gasteiger partial charge >= 0.3 is 12.2 Å². The van der Waals surface area contributed by atoms with Crippen molar-refractivity contribution >= 4 is 29.1 Å². The van der Waals surface area contributed by atoms with Crippen molar-refractivity contribution in [2.45, 2.75) is 12.7 Å². The van der Waals surface area contributed by atoms with Crippen molar-refractivity contribution < 1.29 is 18.0 Å². The van der Waals surface area contributed by atoms with Crippen LogP contribution in [0, 0.1) is 0 Å². The predicted molar refractivity (Wildman–Crippen MR) is 126 cm³/mol. The van der Waals surface area contributed by atoms with Gasteiger partial charge in [0, 0.05) is 12.1 Å². The fourth-order valence-electron chi connectivity index (χ4n) is 3.36. The molecule has 1 aromatic heterocycles. The fraction of sp³-hybridized carbons (Fsp3) is 0.0833. The van der Waals surface area contributed by atoms with E-state index < -0.39 is 17.8 Å². The van der Waals surface area contributed by atoms with Crippen LogP contribution < -0.4 is 16.4 Å². The number of halogens is 4. The number of rotatable bonds is 5. The summed E-state index contributed by atoms with van der Waals surface area (Å²) < 4.78 is 40.3. The lowest BCUT2D eigenvalue weighted by Gasteiger charge is -2.11. The average molecular weight is 486 g/mol. The van der Waals surface area contributed by atoms with Crippen LogP contribution in [0.3, 0.4) is 0 Å². The summed E-state index contributed by atoms with van der Waals surface area (Å²) in [6.07, 6.45) is -4.47. The Bertz CT molecular complexity index is 1320. The van der Waals surface area contributed by atoms with Crippen LogP contribution in [0.25, 0.3) is 16.9 Å². The molecule has 4 rings (SSSR count). The number of amides is 2. The third-order valence-corrected chi connectivity index (χ3v) is 5.31. The van der Waals surface area contributed by atoms with Gasteiger partial charge in [-0.25, -0.2) is 9.48 Å². The number of hydrogen-bond acceptors (Lipinski definition) is 3. The summed E-state index contributed by atoms with van der Waals surface area (Å²) in [4.78, 5) is 12.7. The molecule has 0 bridgehead atoms. The number of para-hydroxylation sites is 1. The highest BCUT2D eigenvalue weighted by Crippen LogP contribution is 2.35. The molecule has 6 nitrogen and oxygen atoms in total. The van der Waals surface area contributed by atoms with E-state index in [9.17, 15) is 18.0 Å². The SMILES string of the molecule is Nc1c(NC(=O)NCc2cccc(C(F)(F)F)c2)c(-c2ccccc2)nn1-c1ccccc1Cl. The van der Waals surface area contributed by atoms with Crippen LogP contribution in [0.5, 0.6) is 0 Å². The quantitative estimate of drug-likeness (QED) is 0.318. The highest BCUT2D eigenvalue weighted by Gasteiger charge is 2.30. The van der Waals surface area contributed by atoms with E-state index in [0.29, 0.717) is 27.5 Å². The lowest BCUT2D eigenvalue weighted by atomic mass is 10.1. The van der Waals surface area contributed by atoms with Gasteiger partial charge in [-0.1, -0.05) is 66.2 Å². The lowest BCUT2D eigenvalue weighted by molar-refractivity contribution is -0.137. The molecule has 0 atom stereocenters. The molecule has 0 spiro atoms. The van der Waals surface area contributed by atoms with Gasteiger partial charge in [-0.05, 0) is 29.8 Å². The maximum atomic E-state index is 12.9. The first kappa shape index (κ1) is 23.2. The van der Waals surface area contributed by atoms with Crippen LogP contribution in [0.2, 0.25) is 5.02 Å². The summed E-state index contributed by atoms with van der Waals surface area (Å²) in [5.41, 5.74) is 7.73. The van der Waals surface area contributed by atoms with Gasteiger partial charge in [0.1, 0.15) is 11.4 Å². The number of nitrogens with two attached hydrogens (primary N) is 1. The molecule has 1 heterocycles. The number of carbonyl (C=O) groups is 1. The van der Waals surface area contributed by atoms with Crippen molar-refractivity contribution in [3.8, 4) is 16.9 Å². The predicted octanol–water partition coefficient (Wildman–Crippen LogP) is 6.12. The molecule has 0 aliphatic heterocycles. The molecule has 174 valence electrons. The van der Waals surface area contributed by atoms with Crippen molar-refractivity contribution in [1.29, 1.82) is 0 Å². The summed E-state index contributed by atoms with van der Waals surface area (Å²) in [6, 6.07) is 20.2. The molecule has 0 saturated heterocycles. The number of urea groups is 1. The summed E-state index contributed by atoms with van der Waals surface area (Å²) >= 11 is 6.31. The summed E-state index contributed by atoms with van der Waals surface area (Å²) in [5, 5.41) is 10.2. The molecule has 0 aliphatic rings. The number of nitrogen functional groups attached to an aromatic ring is 1. The number of benzene rings is 3. The Balaban J connectivity index is 1.61. The third-order valence-electron chi connectivity index (χ3n) is 4.99. The van der Waals surface area contributed by atoms with Gasteiger partial charge in [0.15, 0.2) is 5.82 Å². The first-order valence-corrected chi connectivity index (χ1v) is 10.5. The first-order chi connectivity index (χ1) is 16.2. The highest BCUT2D eigenvalue weighted by atomic mass is 35.5. The summed E-state index contributed by atoms with van der Waals surface area (Å²) in [6.45, 7) is -0.116. The van der Waals surface area contributed by atoms with Crippen molar-refractivity contribution in [3.63, 3.8) is 0 Å². The van der Waals surface area contributed by atoms with Crippen LogP contribution >= 0.6 is 11.6 Å². The number of alkyl halides is 3. The Labute approximate surface area is 198 Å². The van der Waals surface area contributed by atoms with Crippen LogP contribution in [0.15, 0.2) is 78.9 Å². The molecule has 0 saturated carbocycles. The van der Waals surface area contributed by atoms with Gasteiger partial charge in [0.05, 0.1) is 16.3 Å². The zero-order valence-electron chi connectivity index (χ0n) is 17.6. The van der Waals surface area contributed by atoms with E-state index in [4.69, 9.17) is 17.3 Å². The first-order valence-electron chi connectivity index (χ1n) is 10.1. The van der Waals surface area contributed by atoms with E-state index in [1.54, 1.807) is 24.3 Å². The molecule has 3 aromatic carbocycles. The van der Waals surface area contributed by atoms with E-state index in [1.165, 1.54) is 16.8 Å². The van der Waals surface area contributed by atoms with E-state index in [0.717, 1.165) is 12.1 Å². The van der Waals surface area contributed by atoms with Gasteiger partial charge < -0.3 is 16.4 Å². The van der Waals surface area contributed by atoms with Gasteiger partial charge in [-0.3, -0.25) is 0 Å². The summed E-state index contributed by atoms with van der Waals surface area (Å²) in [7, 11) is 0. The Morgan fingerprint density at radius 2 is 1.71 bits per heavy atom. The lowest BCUT2D eigenvalue weighted by Crippen LogP contribution is -2.28. The molecule has 10 heteroatoms. The molecule has 0 aliphatic carbocycles. The minimum absolute atomic E-state index is 0.116. The number of hydrogen-bond donors (Lipinski definition) is 3. The maximum Gasteiger partial charge on any atom is 0.416 e. The normalized spacial score (nSPS) is 11.3. The number of anilines is 2. The Kier molecular flexibility index (Phi) is 6.47. The highest BCUT2D eigenvalue weighted by molar-refractivity contribution is 6.32. The van der Waals surface area contributed by atoms with E-state index in [2.05, 4.69) is 15.7 Å². The van der Waals surface area contributed by atoms with E-state index in [1.807, 2.05) is 30.3 Å². The Hall–Kier alpha value is -3.98. The van der Waals surface area contributed by atoms with Gasteiger partial charge in [-0.2, -0.15) is 18.3 Å². The molecular weight excluding hydrogens is 467 g/mol. The number of carbonyl (C=O) groups excluding carboxylic acids is 1. The number of aromatic nitrogens is 2. The average Bonchev–Trinajstić information content (AvgIpc) is 3.14. The van der Waals surface area contributed by atoms with Gasteiger partial charge in [-0.15, -0.1) is 0 Å². The topological polar surface area (TPSA) is 85.0 Å². The second-order valence-electron chi connectivity index (χ2n) is 7.34. The molecule has 0 fully saturated rings. The molecule has 0 unspecified atom stereocenters. The molecule has 4 aromatic rings. The minimum Gasteiger partial charge on any atom is -0.382 e. The van der Waals surface area contributed by atoms with E-state index >= 15 is 0 Å². The maximum absolute atomic E-state index is 12.9.